The monoisotopic (exact) mass is 354 g/mol. The number of rotatable bonds is 3. The Labute approximate surface area is 156 Å². The molecular weight excluding hydrogens is 324 g/mol. The lowest BCUT2D eigenvalue weighted by atomic mass is 9.54. The number of Topliss-reactive ketones (excluding diaryl/α,β-unsaturated/α-hetero) is 1. The molecule has 0 saturated heterocycles. The second-order valence-electron chi connectivity index (χ2n) is 9.60. The van der Waals surface area contributed by atoms with Crippen molar-refractivity contribution in [2.24, 2.45) is 29.1 Å². The predicted molar refractivity (Wildman–Crippen MR) is 103 cm³/mol. The average molecular weight is 354 g/mol. The van der Waals surface area contributed by atoms with Gasteiger partial charge < -0.3 is 9.84 Å². The minimum Gasteiger partial charge on any atom is -0.507 e. The first kappa shape index (κ1) is 17.6. The number of allylic oxidation sites excluding steroid dienone is 1. The largest absolute Gasteiger partial charge is 0.507 e. The maximum absolute atomic E-state index is 12.5. The number of hydrogen-bond donors (Lipinski definition) is 1. The lowest BCUT2D eigenvalue weighted by Crippen LogP contribution is -2.40. The van der Waals surface area contributed by atoms with Gasteiger partial charge in [0.05, 0.1) is 12.7 Å². The van der Waals surface area contributed by atoms with Crippen LogP contribution in [0, 0.1) is 29.1 Å². The molecule has 0 aliphatic heterocycles. The molecular formula is C23H30O3. The number of aromatic hydroxyl groups is 1. The third kappa shape index (κ3) is 2.86. The second kappa shape index (κ2) is 6.14. The van der Waals surface area contributed by atoms with Gasteiger partial charge in [-0.05, 0) is 73.5 Å². The molecule has 0 heterocycles. The van der Waals surface area contributed by atoms with E-state index in [1.807, 2.05) is 26.8 Å². The van der Waals surface area contributed by atoms with Crippen LogP contribution in [-0.2, 0) is 4.74 Å². The van der Waals surface area contributed by atoms with Gasteiger partial charge in [0.25, 0.3) is 0 Å². The minimum absolute atomic E-state index is 0.0391. The molecule has 0 unspecified atom stereocenters. The van der Waals surface area contributed by atoms with Crippen LogP contribution in [0.4, 0.5) is 0 Å². The van der Waals surface area contributed by atoms with Gasteiger partial charge in [-0.2, -0.15) is 0 Å². The topological polar surface area (TPSA) is 46.5 Å². The summed E-state index contributed by atoms with van der Waals surface area (Å²) in [5.41, 5.74) is 2.25. The van der Waals surface area contributed by atoms with Gasteiger partial charge in [0, 0.05) is 11.0 Å². The lowest BCUT2D eigenvalue weighted by molar-refractivity contribution is 0.0675. The maximum Gasteiger partial charge on any atom is 0.171 e. The third-order valence-electron chi connectivity index (χ3n) is 6.67. The van der Waals surface area contributed by atoms with Gasteiger partial charge in [0.15, 0.2) is 5.78 Å². The standard InChI is InChI=1S/C23H30O3/c1-23(2,3)22(25)18-6-5-15(12-19(18)24)21(26-4)20-16-8-13-7-14(10-16)11-17(20)9-13/h5-6,12-14,16-17,24H,7-11H2,1-4H3. The van der Waals surface area contributed by atoms with Crippen LogP contribution in [0.2, 0.25) is 0 Å². The summed E-state index contributed by atoms with van der Waals surface area (Å²) in [5, 5.41) is 10.5. The van der Waals surface area contributed by atoms with Gasteiger partial charge in [-0.25, -0.2) is 0 Å². The van der Waals surface area contributed by atoms with Gasteiger partial charge in [0.2, 0.25) is 0 Å². The molecule has 4 fully saturated rings. The molecule has 1 N–H and O–H groups in total. The maximum atomic E-state index is 12.5. The van der Waals surface area contributed by atoms with E-state index in [0.29, 0.717) is 17.4 Å². The van der Waals surface area contributed by atoms with E-state index in [9.17, 15) is 9.90 Å². The van der Waals surface area contributed by atoms with E-state index in [-0.39, 0.29) is 11.5 Å². The van der Waals surface area contributed by atoms with E-state index in [1.54, 1.807) is 19.2 Å². The van der Waals surface area contributed by atoms with Crippen molar-refractivity contribution in [3.05, 3.63) is 34.9 Å². The van der Waals surface area contributed by atoms with Crippen molar-refractivity contribution >= 4 is 11.5 Å². The Morgan fingerprint density at radius 3 is 2.08 bits per heavy atom. The Hall–Kier alpha value is -1.77. The number of phenols is 1. The normalized spacial score (nSPS) is 29.8. The van der Waals surface area contributed by atoms with Crippen molar-refractivity contribution in [2.45, 2.75) is 52.9 Å². The summed E-state index contributed by atoms with van der Waals surface area (Å²) in [6.07, 6.45) is 6.60. The van der Waals surface area contributed by atoms with Gasteiger partial charge in [-0.15, -0.1) is 0 Å². The molecule has 4 aliphatic carbocycles. The Kier molecular flexibility index (Phi) is 4.17. The predicted octanol–water partition coefficient (Wildman–Crippen LogP) is 5.43. The number of hydrogen-bond acceptors (Lipinski definition) is 3. The van der Waals surface area contributed by atoms with Crippen molar-refractivity contribution in [3.8, 4) is 5.75 Å². The van der Waals surface area contributed by atoms with E-state index in [0.717, 1.165) is 23.2 Å². The number of ketones is 1. The number of carbonyl (C=O) groups is 1. The first-order valence-electron chi connectivity index (χ1n) is 9.94. The van der Waals surface area contributed by atoms with Crippen LogP contribution < -0.4 is 0 Å². The zero-order chi connectivity index (χ0) is 18.6. The Morgan fingerprint density at radius 2 is 1.62 bits per heavy atom. The van der Waals surface area contributed by atoms with E-state index in [1.165, 1.54) is 37.7 Å². The molecule has 4 aliphatic rings. The average Bonchev–Trinajstić information content (AvgIpc) is 2.56. The van der Waals surface area contributed by atoms with E-state index in [2.05, 4.69) is 0 Å². The number of ether oxygens (including phenoxy) is 1. The first-order chi connectivity index (χ1) is 12.3. The molecule has 4 saturated carbocycles. The highest BCUT2D eigenvalue weighted by Gasteiger charge is 2.46. The Bertz CT molecular complexity index is 736. The number of methoxy groups -OCH3 is 1. The van der Waals surface area contributed by atoms with Crippen molar-refractivity contribution in [1.29, 1.82) is 0 Å². The summed E-state index contributed by atoms with van der Waals surface area (Å²) >= 11 is 0. The fourth-order valence-corrected chi connectivity index (χ4v) is 5.73. The van der Waals surface area contributed by atoms with Crippen molar-refractivity contribution < 1.29 is 14.6 Å². The highest BCUT2D eigenvalue weighted by atomic mass is 16.5. The van der Waals surface area contributed by atoms with Gasteiger partial charge in [0.1, 0.15) is 11.5 Å². The molecule has 0 radical (unpaired) electrons. The van der Waals surface area contributed by atoms with Crippen molar-refractivity contribution in [2.75, 3.05) is 7.11 Å². The molecule has 140 valence electrons. The van der Waals surface area contributed by atoms with Crippen LogP contribution in [0.25, 0.3) is 5.76 Å². The van der Waals surface area contributed by atoms with Crippen LogP contribution in [0.5, 0.6) is 5.75 Å². The fourth-order valence-electron chi connectivity index (χ4n) is 5.73. The summed E-state index contributed by atoms with van der Waals surface area (Å²) in [4.78, 5) is 12.5. The van der Waals surface area contributed by atoms with Crippen LogP contribution in [-0.4, -0.2) is 18.0 Å². The Balaban J connectivity index is 1.72. The molecule has 0 amide bonds. The molecule has 0 aromatic heterocycles. The SMILES string of the molecule is COC(=C1C2CC3CC(C2)CC1C3)c1ccc(C(=O)C(C)(C)C)c(O)c1. The fraction of sp³-hybridized carbons (Fsp3) is 0.609. The minimum atomic E-state index is -0.511. The van der Waals surface area contributed by atoms with Gasteiger partial charge in [-0.3, -0.25) is 4.79 Å². The van der Waals surface area contributed by atoms with E-state index >= 15 is 0 Å². The summed E-state index contributed by atoms with van der Waals surface area (Å²) in [5.74, 6) is 4.03. The summed E-state index contributed by atoms with van der Waals surface area (Å²) in [6.45, 7) is 5.62. The molecule has 0 atom stereocenters. The summed E-state index contributed by atoms with van der Waals surface area (Å²) in [7, 11) is 1.73. The summed E-state index contributed by atoms with van der Waals surface area (Å²) < 4.78 is 5.87. The molecule has 1 aromatic carbocycles. The van der Waals surface area contributed by atoms with E-state index < -0.39 is 5.41 Å². The van der Waals surface area contributed by atoms with E-state index in [4.69, 9.17) is 4.74 Å². The molecule has 5 rings (SSSR count). The van der Waals surface area contributed by atoms with Crippen molar-refractivity contribution in [1.82, 2.24) is 0 Å². The lowest BCUT2D eigenvalue weighted by Gasteiger charge is -2.51. The Morgan fingerprint density at radius 1 is 1.04 bits per heavy atom. The summed E-state index contributed by atoms with van der Waals surface area (Å²) in [6, 6.07) is 5.42. The molecule has 26 heavy (non-hydrogen) atoms. The van der Waals surface area contributed by atoms with Gasteiger partial charge >= 0.3 is 0 Å². The smallest absolute Gasteiger partial charge is 0.171 e. The molecule has 3 nitrogen and oxygen atoms in total. The quantitative estimate of drug-likeness (QED) is 0.581. The van der Waals surface area contributed by atoms with Crippen LogP contribution in [0.3, 0.4) is 0 Å². The van der Waals surface area contributed by atoms with Crippen LogP contribution in [0.15, 0.2) is 23.8 Å². The number of phenolic OH excluding ortho intramolecular Hbond substituents is 1. The number of benzene rings is 1. The molecule has 3 heteroatoms. The van der Waals surface area contributed by atoms with Crippen LogP contribution >= 0.6 is 0 Å². The van der Waals surface area contributed by atoms with Gasteiger partial charge in [-0.1, -0.05) is 26.8 Å². The molecule has 1 aromatic rings. The molecule has 4 bridgehead atoms. The van der Waals surface area contributed by atoms with Crippen LogP contribution in [0.1, 0.15) is 68.8 Å². The highest BCUT2D eigenvalue weighted by molar-refractivity contribution is 6.02. The number of carbonyl (C=O) groups excluding carboxylic acids is 1. The zero-order valence-corrected chi connectivity index (χ0v) is 16.3. The second-order valence-corrected chi connectivity index (χ2v) is 9.60. The highest BCUT2D eigenvalue weighted by Crippen LogP contribution is 2.58. The van der Waals surface area contributed by atoms with Crippen molar-refractivity contribution in [3.63, 3.8) is 0 Å². The third-order valence-corrected chi connectivity index (χ3v) is 6.67. The first-order valence-corrected chi connectivity index (χ1v) is 9.94. The zero-order valence-electron chi connectivity index (χ0n) is 16.3. The molecule has 0 spiro atoms.